The molecule has 0 aliphatic heterocycles. The van der Waals surface area contributed by atoms with Crippen molar-refractivity contribution in [3.05, 3.63) is 59.7 Å². The monoisotopic (exact) mass is 255 g/mol. The second-order valence-electron chi connectivity index (χ2n) is 4.23. The van der Waals surface area contributed by atoms with E-state index >= 15 is 0 Å². The lowest BCUT2D eigenvalue weighted by Crippen LogP contribution is -2.00. The Balaban J connectivity index is 2.21. The maximum absolute atomic E-state index is 5.46. The van der Waals surface area contributed by atoms with Crippen LogP contribution in [0.3, 0.4) is 0 Å². The standard InChI is InChI=1S/C16H17NO2/c1-12-8-4-5-9-14(12)13(2)17-19-16-11-7-6-10-15(16)18-3/h4-11H,1-3H3/b17-13+. The number of benzene rings is 2. The average Bonchev–Trinajstić information content (AvgIpc) is 2.45. The SMILES string of the molecule is COc1ccccc1O/N=C(\C)c1ccccc1C. The Labute approximate surface area is 113 Å². The van der Waals surface area contributed by atoms with Crippen LogP contribution in [0.15, 0.2) is 53.7 Å². The molecule has 0 unspecified atom stereocenters. The molecule has 2 aromatic rings. The van der Waals surface area contributed by atoms with Gasteiger partial charge >= 0.3 is 0 Å². The third-order valence-corrected chi connectivity index (χ3v) is 2.88. The zero-order valence-corrected chi connectivity index (χ0v) is 11.4. The van der Waals surface area contributed by atoms with Gasteiger partial charge in [0.1, 0.15) is 0 Å². The summed E-state index contributed by atoms with van der Waals surface area (Å²) in [5.74, 6) is 1.28. The molecule has 3 nitrogen and oxygen atoms in total. The Bertz CT molecular complexity index is 591. The Morgan fingerprint density at radius 3 is 2.26 bits per heavy atom. The van der Waals surface area contributed by atoms with Crippen LogP contribution >= 0.6 is 0 Å². The molecule has 0 amide bonds. The van der Waals surface area contributed by atoms with Crippen LogP contribution in [0.1, 0.15) is 18.1 Å². The van der Waals surface area contributed by atoms with E-state index in [-0.39, 0.29) is 0 Å². The van der Waals surface area contributed by atoms with Crippen molar-refractivity contribution in [2.45, 2.75) is 13.8 Å². The molecule has 0 atom stereocenters. The second-order valence-corrected chi connectivity index (χ2v) is 4.23. The Morgan fingerprint density at radius 2 is 1.58 bits per heavy atom. The number of ether oxygens (including phenoxy) is 1. The molecule has 0 saturated carbocycles. The first kappa shape index (κ1) is 13.1. The van der Waals surface area contributed by atoms with Gasteiger partial charge in [-0.05, 0) is 31.5 Å². The molecule has 0 aromatic heterocycles. The number of para-hydroxylation sites is 2. The zero-order chi connectivity index (χ0) is 13.7. The molecule has 2 aromatic carbocycles. The normalized spacial score (nSPS) is 11.2. The number of methoxy groups -OCH3 is 1. The predicted octanol–water partition coefficient (Wildman–Crippen LogP) is 3.81. The summed E-state index contributed by atoms with van der Waals surface area (Å²) in [4.78, 5) is 5.46. The summed E-state index contributed by atoms with van der Waals surface area (Å²) in [6, 6.07) is 15.5. The van der Waals surface area contributed by atoms with E-state index in [0.717, 1.165) is 11.3 Å². The van der Waals surface area contributed by atoms with Gasteiger partial charge in [0.15, 0.2) is 11.5 Å². The Kier molecular flexibility index (Phi) is 4.18. The second kappa shape index (κ2) is 6.05. The lowest BCUT2D eigenvalue weighted by Gasteiger charge is -2.07. The van der Waals surface area contributed by atoms with Crippen LogP contribution in [-0.2, 0) is 0 Å². The molecule has 0 aliphatic rings. The van der Waals surface area contributed by atoms with Crippen molar-refractivity contribution in [3.8, 4) is 11.5 Å². The molecule has 2 rings (SSSR count). The highest BCUT2D eigenvalue weighted by Crippen LogP contribution is 2.26. The summed E-state index contributed by atoms with van der Waals surface area (Å²) in [6.45, 7) is 3.98. The third kappa shape index (κ3) is 3.13. The van der Waals surface area contributed by atoms with Crippen LogP contribution in [0.25, 0.3) is 0 Å². The van der Waals surface area contributed by atoms with E-state index in [0.29, 0.717) is 11.5 Å². The lowest BCUT2D eigenvalue weighted by atomic mass is 10.1. The van der Waals surface area contributed by atoms with Crippen molar-refractivity contribution in [1.82, 2.24) is 0 Å². The van der Waals surface area contributed by atoms with Crippen LogP contribution in [-0.4, -0.2) is 12.8 Å². The minimum atomic E-state index is 0.609. The fraction of sp³-hybridized carbons (Fsp3) is 0.188. The summed E-state index contributed by atoms with van der Waals surface area (Å²) in [5, 5.41) is 4.17. The maximum atomic E-state index is 5.46. The fourth-order valence-electron chi connectivity index (χ4n) is 1.84. The molecular formula is C16H17NO2. The summed E-state index contributed by atoms with van der Waals surface area (Å²) >= 11 is 0. The average molecular weight is 255 g/mol. The molecule has 0 heterocycles. The minimum Gasteiger partial charge on any atom is -0.493 e. The summed E-state index contributed by atoms with van der Waals surface area (Å²) < 4.78 is 5.21. The van der Waals surface area contributed by atoms with Crippen LogP contribution < -0.4 is 9.57 Å². The zero-order valence-electron chi connectivity index (χ0n) is 11.4. The smallest absolute Gasteiger partial charge is 0.199 e. The van der Waals surface area contributed by atoms with Crippen LogP contribution in [0.4, 0.5) is 0 Å². The predicted molar refractivity (Wildman–Crippen MR) is 77.0 cm³/mol. The number of hydrogen-bond donors (Lipinski definition) is 0. The van der Waals surface area contributed by atoms with Gasteiger partial charge in [0.25, 0.3) is 0 Å². The van der Waals surface area contributed by atoms with Gasteiger partial charge in [-0.3, -0.25) is 0 Å². The third-order valence-electron chi connectivity index (χ3n) is 2.88. The van der Waals surface area contributed by atoms with Crippen molar-refractivity contribution in [2.24, 2.45) is 5.16 Å². The fourth-order valence-corrected chi connectivity index (χ4v) is 1.84. The summed E-state index contributed by atoms with van der Waals surface area (Å²) in [6.07, 6.45) is 0. The van der Waals surface area contributed by atoms with Gasteiger partial charge < -0.3 is 9.57 Å². The molecule has 0 N–H and O–H groups in total. The quantitative estimate of drug-likeness (QED) is 0.614. The van der Waals surface area contributed by atoms with Gasteiger partial charge in [-0.2, -0.15) is 0 Å². The first-order valence-corrected chi connectivity index (χ1v) is 6.13. The van der Waals surface area contributed by atoms with Crippen molar-refractivity contribution in [3.63, 3.8) is 0 Å². The minimum absolute atomic E-state index is 0.609. The highest BCUT2D eigenvalue weighted by molar-refractivity contribution is 5.99. The van der Waals surface area contributed by atoms with Crippen molar-refractivity contribution in [1.29, 1.82) is 0 Å². The van der Waals surface area contributed by atoms with Gasteiger partial charge in [0.05, 0.1) is 12.8 Å². The lowest BCUT2D eigenvalue weighted by molar-refractivity contribution is 0.311. The van der Waals surface area contributed by atoms with E-state index < -0.39 is 0 Å². The molecule has 19 heavy (non-hydrogen) atoms. The maximum Gasteiger partial charge on any atom is 0.199 e. The molecule has 0 bridgehead atoms. The van der Waals surface area contributed by atoms with Crippen LogP contribution in [0.2, 0.25) is 0 Å². The van der Waals surface area contributed by atoms with Crippen LogP contribution in [0, 0.1) is 6.92 Å². The molecular weight excluding hydrogens is 238 g/mol. The van der Waals surface area contributed by atoms with E-state index in [2.05, 4.69) is 18.1 Å². The van der Waals surface area contributed by atoms with E-state index in [4.69, 9.17) is 9.57 Å². The Morgan fingerprint density at radius 1 is 0.947 bits per heavy atom. The van der Waals surface area contributed by atoms with Crippen molar-refractivity contribution < 1.29 is 9.57 Å². The van der Waals surface area contributed by atoms with Gasteiger partial charge in [0, 0.05) is 5.56 Å². The number of oxime groups is 1. The van der Waals surface area contributed by atoms with E-state index in [9.17, 15) is 0 Å². The van der Waals surface area contributed by atoms with Crippen molar-refractivity contribution in [2.75, 3.05) is 7.11 Å². The number of rotatable bonds is 4. The highest BCUT2D eigenvalue weighted by atomic mass is 16.6. The first-order valence-electron chi connectivity index (χ1n) is 6.13. The molecule has 0 fully saturated rings. The summed E-state index contributed by atoms with van der Waals surface area (Å²) in [5.41, 5.74) is 3.09. The molecule has 3 heteroatoms. The summed E-state index contributed by atoms with van der Waals surface area (Å²) in [7, 11) is 1.61. The van der Waals surface area contributed by atoms with Crippen molar-refractivity contribution >= 4 is 5.71 Å². The molecule has 0 spiro atoms. The van der Waals surface area contributed by atoms with E-state index in [1.54, 1.807) is 7.11 Å². The van der Waals surface area contributed by atoms with E-state index in [1.807, 2.05) is 49.4 Å². The number of hydrogen-bond acceptors (Lipinski definition) is 3. The number of aryl methyl sites for hydroxylation is 1. The molecule has 98 valence electrons. The highest BCUT2D eigenvalue weighted by Gasteiger charge is 2.04. The first-order chi connectivity index (χ1) is 9.22. The van der Waals surface area contributed by atoms with E-state index in [1.165, 1.54) is 5.56 Å². The van der Waals surface area contributed by atoms with Gasteiger partial charge in [-0.15, -0.1) is 0 Å². The molecule has 0 saturated heterocycles. The topological polar surface area (TPSA) is 30.8 Å². The van der Waals surface area contributed by atoms with Crippen LogP contribution in [0.5, 0.6) is 11.5 Å². The Hall–Kier alpha value is -2.29. The largest absolute Gasteiger partial charge is 0.493 e. The number of nitrogens with zero attached hydrogens (tertiary/aromatic N) is 1. The molecule has 0 radical (unpaired) electrons. The van der Waals surface area contributed by atoms with Gasteiger partial charge in [-0.25, -0.2) is 0 Å². The van der Waals surface area contributed by atoms with Gasteiger partial charge in [-0.1, -0.05) is 41.6 Å². The molecule has 0 aliphatic carbocycles. The van der Waals surface area contributed by atoms with Gasteiger partial charge in [0.2, 0.25) is 0 Å².